The summed E-state index contributed by atoms with van der Waals surface area (Å²) in [7, 11) is 0. The van der Waals surface area contributed by atoms with Gasteiger partial charge < -0.3 is 24.9 Å². The summed E-state index contributed by atoms with van der Waals surface area (Å²) in [6.07, 6.45) is 0.376. The quantitative estimate of drug-likeness (QED) is 0.478. The van der Waals surface area contributed by atoms with Crippen LogP contribution in [0.3, 0.4) is 0 Å². The Bertz CT molecular complexity index is 950. The highest BCUT2D eigenvalue weighted by molar-refractivity contribution is 5.88. The van der Waals surface area contributed by atoms with Crippen LogP contribution in [0.5, 0.6) is 5.75 Å². The second-order valence-corrected chi connectivity index (χ2v) is 6.12. The molecule has 0 unspecified atom stereocenters. The van der Waals surface area contributed by atoms with Gasteiger partial charge in [0, 0.05) is 36.9 Å². The summed E-state index contributed by atoms with van der Waals surface area (Å²) in [6, 6.07) is 4.89. The lowest BCUT2D eigenvalue weighted by molar-refractivity contribution is -0.141. The number of ether oxygens (including phenoxy) is 1. The van der Waals surface area contributed by atoms with Gasteiger partial charge in [-0.3, -0.25) is 9.59 Å². The van der Waals surface area contributed by atoms with E-state index in [-0.39, 0.29) is 49.1 Å². The largest absolute Gasteiger partial charge is 0.508 e. The van der Waals surface area contributed by atoms with E-state index in [2.05, 4.69) is 10.6 Å². The van der Waals surface area contributed by atoms with E-state index < -0.39 is 17.6 Å². The molecule has 0 aliphatic carbocycles. The molecule has 1 saturated heterocycles. The second-order valence-electron chi connectivity index (χ2n) is 6.12. The van der Waals surface area contributed by atoms with Gasteiger partial charge in [-0.1, -0.05) is 0 Å². The predicted molar refractivity (Wildman–Crippen MR) is 93.0 cm³/mol. The zero-order chi connectivity index (χ0) is 19.4. The average molecular weight is 374 g/mol. The lowest BCUT2D eigenvalue weighted by Crippen LogP contribution is -2.39. The number of hydrogen-bond acceptors (Lipinski definition) is 7. The topological polar surface area (TPSA) is 135 Å². The molecule has 1 aromatic carbocycles. The molecule has 1 atom stereocenters. The first-order valence-corrected chi connectivity index (χ1v) is 8.41. The fourth-order valence-electron chi connectivity index (χ4n) is 2.81. The molecule has 0 saturated carbocycles. The van der Waals surface area contributed by atoms with Crippen molar-refractivity contribution >= 4 is 28.8 Å². The molecule has 142 valence electrons. The third kappa shape index (κ3) is 4.63. The molecule has 1 aromatic heterocycles. The van der Waals surface area contributed by atoms with Crippen molar-refractivity contribution in [1.82, 2.24) is 10.6 Å². The van der Waals surface area contributed by atoms with E-state index in [1.165, 1.54) is 18.2 Å². The number of aromatic hydroxyl groups is 1. The second kappa shape index (κ2) is 7.90. The molecule has 3 rings (SSSR count). The van der Waals surface area contributed by atoms with Gasteiger partial charge in [0.2, 0.25) is 11.8 Å². The van der Waals surface area contributed by atoms with E-state index >= 15 is 0 Å². The van der Waals surface area contributed by atoms with Gasteiger partial charge in [0.1, 0.15) is 17.4 Å². The van der Waals surface area contributed by atoms with Crippen LogP contribution >= 0.6 is 0 Å². The Morgan fingerprint density at radius 2 is 2.00 bits per heavy atom. The minimum Gasteiger partial charge on any atom is -0.508 e. The number of carbonyl (C=O) groups is 3. The molecule has 0 radical (unpaired) electrons. The van der Waals surface area contributed by atoms with Crippen molar-refractivity contribution in [3.8, 4) is 5.75 Å². The van der Waals surface area contributed by atoms with Crippen LogP contribution < -0.4 is 16.3 Å². The lowest BCUT2D eigenvalue weighted by Gasteiger charge is -2.10. The number of cyclic esters (lactones) is 1. The van der Waals surface area contributed by atoms with Crippen molar-refractivity contribution < 1.29 is 28.6 Å². The minimum atomic E-state index is -0.626. The van der Waals surface area contributed by atoms with Crippen LogP contribution in [0.15, 0.2) is 33.5 Å². The molecule has 0 spiro atoms. The molecular weight excluding hydrogens is 356 g/mol. The summed E-state index contributed by atoms with van der Waals surface area (Å²) < 4.78 is 9.77. The number of hydrogen-bond donors (Lipinski definition) is 3. The molecular formula is C18H18N2O7. The molecule has 2 amide bonds. The minimum absolute atomic E-state index is 0.0149. The van der Waals surface area contributed by atoms with E-state index in [1.54, 1.807) is 6.07 Å². The van der Waals surface area contributed by atoms with Crippen LogP contribution in [0, 0.1) is 0 Å². The number of esters is 1. The Morgan fingerprint density at radius 3 is 2.74 bits per heavy atom. The van der Waals surface area contributed by atoms with E-state index in [1.807, 2.05) is 0 Å². The highest BCUT2D eigenvalue weighted by Gasteiger charge is 2.27. The molecule has 1 fully saturated rings. The number of phenols is 1. The van der Waals surface area contributed by atoms with Crippen LogP contribution in [0.2, 0.25) is 0 Å². The van der Waals surface area contributed by atoms with Gasteiger partial charge in [0.25, 0.3) is 0 Å². The number of carbonyl (C=O) groups excluding carboxylic acids is 3. The standard InChI is InChI=1S/C18H18N2O7/c21-11-1-2-12-10(8-17(24)27-14(12)9-11)7-16(23)19-5-3-15(22)20-13-4-6-26-18(13)25/h1-2,8-9,13,21H,3-7H2,(H,19,23)(H,20,22)/t13-/m0/s1. The number of rotatable bonds is 6. The molecule has 2 aromatic rings. The van der Waals surface area contributed by atoms with Crippen molar-refractivity contribution in [3.63, 3.8) is 0 Å². The first-order valence-electron chi connectivity index (χ1n) is 8.41. The summed E-state index contributed by atoms with van der Waals surface area (Å²) in [6.45, 7) is 0.379. The number of fused-ring (bicyclic) bond motifs is 1. The fourth-order valence-corrected chi connectivity index (χ4v) is 2.81. The normalized spacial score (nSPS) is 16.1. The molecule has 9 nitrogen and oxygen atoms in total. The highest BCUT2D eigenvalue weighted by atomic mass is 16.5. The Morgan fingerprint density at radius 1 is 1.19 bits per heavy atom. The SMILES string of the molecule is O=C(Cc1cc(=O)oc2cc(O)ccc12)NCCC(=O)N[C@H]1CCOC1=O. The number of benzene rings is 1. The van der Waals surface area contributed by atoms with Crippen LogP contribution in [0.1, 0.15) is 18.4 Å². The van der Waals surface area contributed by atoms with Crippen LogP contribution in [0.4, 0.5) is 0 Å². The van der Waals surface area contributed by atoms with Crippen molar-refractivity contribution in [2.24, 2.45) is 0 Å². The monoisotopic (exact) mass is 374 g/mol. The Hall–Kier alpha value is -3.36. The first-order chi connectivity index (χ1) is 12.9. The van der Waals surface area contributed by atoms with Gasteiger partial charge in [-0.15, -0.1) is 0 Å². The zero-order valence-corrected chi connectivity index (χ0v) is 14.3. The smallest absolute Gasteiger partial charge is 0.336 e. The van der Waals surface area contributed by atoms with Gasteiger partial charge in [-0.25, -0.2) is 9.59 Å². The van der Waals surface area contributed by atoms with Crippen molar-refractivity contribution in [1.29, 1.82) is 0 Å². The molecule has 27 heavy (non-hydrogen) atoms. The van der Waals surface area contributed by atoms with Crippen molar-refractivity contribution in [2.45, 2.75) is 25.3 Å². The lowest BCUT2D eigenvalue weighted by atomic mass is 10.1. The van der Waals surface area contributed by atoms with E-state index in [4.69, 9.17) is 9.15 Å². The third-order valence-corrected chi connectivity index (χ3v) is 4.11. The molecule has 3 N–H and O–H groups in total. The van der Waals surface area contributed by atoms with Crippen LogP contribution in [-0.2, 0) is 25.5 Å². The number of phenolic OH excluding ortho intramolecular Hbond substituents is 1. The summed E-state index contributed by atoms with van der Waals surface area (Å²) in [5.74, 6) is -1.24. The zero-order valence-electron chi connectivity index (χ0n) is 14.3. The molecule has 1 aliphatic rings. The molecule has 2 heterocycles. The maximum atomic E-state index is 12.1. The molecule has 0 bridgehead atoms. The van der Waals surface area contributed by atoms with Gasteiger partial charge >= 0.3 is 11.6 Å². The summed E-state index contributed by atoms with van der Waals surface area (Å²) >= 11 is 0. The molecule has 1 aliphatic heterocycles. The maximum Gasteiger partial charge on any atom is 0.336 e. The van der Waals surface area contributed by atoms with Gasteiger partial charge in [-0.2, -0.15) is 0 Å². The van der Waals surface area contributed by atoms with Gasteiger partial charge in [0.15, 0.2) is 0 Å². The van der Waals surface area contributed by atoms with E-state index in [0.717, 1.165) is 0 Å². The highest BCUT2D eigenvalue weighted by Crippen LogP contribution is 2.22. The van der Waals surface area contributed by atoms with E-state index in [9.17, 15) is 24.3 Å². The summed E-state index contributed by atoms with van der Waals surface area (Å²) in [5, 5.41) is 15.2. The maximum absolute atomic E-state index is 12.1. The fraction of sp³-hybridized carbons (Fsp3) is 0.333. The van der Waals surface area contributed by atoms with Crippen molar-refractivity contribution in [2.75, 3.05) is 13.2 Å². The molecule has 9 heteroatoms. The van der Waals surface area contributed by atoms with E-state index in [0.29, 0.717) is 17.4 Å². The third-order valence-electron chi connectivity index (χ3n) is 4.11. The van der Waals surface area contributed by atoms with Gasteiger partial charge in [-0.05, 0) is 17.7 Å². The summed E-state index contributed by atoms with van der Waals surface area (Å²) in [4.78, 5) is 46.8. The number of amides is 2. The van der Waals surface area contributed by atoms with Crippen LogP contribution in [-0.4, -0.2) is 42.1 Å². The Balaban J connectivity index is 1.54. The van der Waals surface area contributed by atoms with Gasteiger partial charge in [0.05, 0.1) is 13.0 Å². The Kier molecular flexibility index (Phi) is 5.39. The number of nitrogens with one attached hydrogen (secondary N) is 2. The first kappa shape index (κ1) is 18.4. The van der Waals surface area contributed by atoms with Crippen LogP contribution in [0.25, 0.3) is 11.0 Å². The average Bonchev–Trinajstić information content (AvgIpc) is 2.99. The van der Waals surface area contributed by atoms with Crippen molar-refractivity contribution in [3.05, 3.63) is 40.2 Å². The summed E-state index contributed by atoms with van der Waals surface area (Å²) in [5.41, 5.74) is 0.0174. The Labute approximate surface area is 153 Å². The predicted octanol–water partition coefficient (Wildman–Crippen LogP) is -0.0209.